The van der Waals surface area contributed by atoms with E-state index in [1.165, 1.54) is 0 Å². The largest absolute Gasteiger partial charge is 0.457 e. The van der Waals surface area contributed by atoms with Crippen LogP contribution in [0.4, 0.5) is 0 Å². The van der Waals surface area contributed by atoms with Crippen molar-refractivity contribution in [3.8, 4) is 0 Å². The van der Waals surface area contributed by atoms with Gasteiger partial charge in [0.2, 0.25) is 0 Å². The molecule has 0 bridgehead atoms. The molecule has 0 radical (unpaired) electrons. The van der Waals surface area contributed by atoms with Crippen molar-refractivity contribution in [2.75, 3.05) is 104 Å². The molecule has 0 fully saturated rings. The molecule has 0 aromatic heterocycles. The molecule has 1 aromatic rings. The van der Waals surface area contributed by atoms with E-state index in [-0.39, 0.29) is 13.2 Å². The second-order valence-electron chi connectivity index (χ2n) is 6.81. The Labute approximate surface area is 220 Å². The van der Waals surface area contributed by atoms with E-state index in [9.17, 15) is 9.59 Å². The summed E-state index contributed by atoms with van der Waals surface area (Å²) in [7, 11) is 0. The van der Waals surface area contributed by atoms with Crippen LogP contribution in [0.15, 0.2) is 30.3 Å². The Morgan fingerprint density at radius 2 is 0.857 bits per heavy atom. The second kappa shape index (κ2) is 24.5. The van der Waals surface area contributed by atoms with Gasteiger partial charge in [-0.15, -0.1) is 0 Å². The van der Waals surface area contributed by atoms with Gasteiger partial charge in [0.25, 0.3) is 5.78 Å². The number of carbonyl (C=O) groups excluding carboxylic acids is 2. The summed E-state index contributed by atoms with van der Waals surface area (Å²) in [5, 5.41) is 0. The maximum Gasteiger partial charge on any atom is 0.379 e. The summed E-state index contributed by atoms with van der Waals surface area (Å²) in [5.74, 6) is -1.56. The molecule has 0 amide bonds. The third-order valence-electron chi connectivity index (χ3n) is 4.14. The minimum atomic E-state index is -0.890. The van der Waals surface area contributed by atoms with Gasteiger partial charge in [-0.3, -0.25) is 4.79 Å². The molecule has 200 valence electrons. The highest BCUT2D eigenvalue weighted by atomic mass is 127. The molecule has 0 unspecified atom stereocenters. The zero-order valence-electron chi connectivity index (χ0n) is 20.2. The summed E-state index contributed by atoms with van der Waals surface area (Å²) >= 11 is 2.27. The van der Waals surface area contributed by atoms with Gasteiger partial charge in [-0.25, -0.2) is 4.79 Å². The van der Waals surface area contributed by atoms with Crippen LogP contribution in [0.1, 0.15) is 10.4 Å². The molecular weight excluding hydrogens is 575 g/mol. The highest BCUT2D eigenvalue weighted by molar-refractivity contribution is 14.1. The SMILES string of the molecule is O=C(OCCOCCOCCOCCOCCOCCOCCOCCI)C(=O)c1ccccc1. The van der Waals surface area contributed by atoms with Crippen molar-refractivity contribution in [3.63, 3.8) is 0 Å². The van der Waals surface area contributed by atoms with Crippen LogP contribution in [0, 0.1) is 0 Å². The first-order chi connectivity index (χ1) is 17.3. The van der Waals surface area contributed by atoms with E-state index >= 15 is 0 Å². The Bertz CT molecular complexity index is 632. The molecule has 10 nitrogen and oxygen atoms in total. The Balaban J connectivity index is 1.73. The predicted molar refractivity (Wildman–Crippen MR) is 136 cm³/mol. The first kappa shape index (κ1) is 31.8. The molecule has 0 aliphatic heterocycles. The molecule has 0 aliphatic rings. The van der Waals surface area contributed by atoms with E-state index in [1.54, 1.807) is 30.3 Å². The summed E-state index contributed by atoms with van der Waals surface area (Å²) < 4.78 is 43.5. The molecule has 1 aromatic carbocycles. The number of hydrogen-bond donors (Lipinski definition) is 0. The lowest BCUT2D eigenvalue weighted by Crippen LogP contribution is -2.20. The van der Waals surface area contributed by atoms with Crippen LogP contribution in [0.25, 0.3) is 0 Å². The van der Waals surface area contributed by atoms with Gasteiger partial charge in [-0.05, 0) is 0 Å². The maximum atomic E-state index is 11.8. The molecule has 0 N–H and O–H groups in total. The number of benzene rings is 1. The predicted octanol–water partition coefficient (Wildman–Crippen LogP) is 1.96. The molecule has 0 spiro atoms. The van der Waals surface area contributed by atoms with Crippen molar-refractivity contribution in [1.29, 1.82) is 0 Å². The van der Waals surface area contributed by atoms with Gasteiger partial charge in [-0.1, -0.05) is 52.9 Å². The highest BCUT2D eigenvalue weighted by Gasteiger charge is 2.16. The molecule has 1 rings (SSSR count). The Hall–Kier alpha value is -1.19. The van der Waals surface area contributed by atoms with Gasteiger partial charge in [0.15, 0.2) is 0 Å². The maximum absolute atomic E-state index is 11.8. The summed E-state index contributed by atoms with van der Waals surface area (Å²) in [4.78, 5) is 23.5. The van der Waals surface area contributed by atoms with E-state index in [0.717, 1.165) is 11.0 Å². The van der Waals surface area contributed by atoms with Crippen molar-refractivity contribution in [2.24, 2.45) is 0 Å². The molecule has 0 atom stereocenters. The quantitative estimate of drug-likeness (QED) is 0.0406. The average Bonchev–Trinajstić information content (AvgIpc) is 2.89. The molecule has 0 saturated heterocycles. The van der Waals surface area contributed by atoms with Gasteiger partial charge in [-0.2, -0.15) is 0 Å². The molecule has 0 heterocycles. The van der Waals surface area contributed by atoms with Crippen molar-refractivity contribution >= 4 is 34.3 Å². The van der Waals surface area contributed by atoms with E-state index in [1.807, 2.05) is 0 Å². The number of Topliss-reactive ketones (excluding diaryl/α,β-unsaturated/α-hetero) is 1. The minimum absolute atomic E-state index is 0.00762. The van der Waals surface area contributed by atoms with Crippen LogP contribution in [-0.2, 0) is 42.7 Å². The summed E-state index contributed by atoms with van der Waals surface area (Å²) in [6.07, 6.45) is 0. The lowest BCUT2D eigenvalue weighted by atomic mass is 10.1. The number of ketones is 1. The lowest BCUT2D eigenvalue weighted by Gasteiger charge is -2.08. The van der Waals surface area contributed by atoms with E-state index in [2.05, 4.69) is 22.6 Å². The fourth-order valence-corrected chi connectivity index (χ4v) is 2.75. The molecular formula is C24H37IO10. The second-order valence-corrected chi connectivity index (χ2v) is 7.89. The number of ether oxygens (including phenoxy) is 8. The molecule has 35 heavy (non-hydrogen) atoms. The average molecular weight is 612 g/mol. The number of alkyl halides is 1. The Morgan fingerprint density at radius 1 is 0.514 bits per heavy atom. The number of esters is 1. The number of halogens is 1. The minimum Gasteiger partial charge on any atom is -0.457 e. The first-order valence-corrected chi connectivity index (χ1v) is 13.1. The van der Waals surface area contributed by atoms with Gasteiger partial charge in [0, 0.05) is 9.99 Å². The Kier molecular flexibility index (Phi) is 22.3. The van der Waals surface area contributed by atoms with Crippen LogP contribution in [0.2, 0.25) is 0 Å². The Morgan fingerprint density at radius 3 is 1.23 bits per heavy atom. The molecule has 0 aliphatic carbocycles. The standard InChI is InChI=1S/C24H37IO10/c25-6-7-28-8-9-29-10-11-30-12-13-31-14-15-32-16-17-33-18-19-34-20-21-35-24(27)23(26)22-4-2-1-3-5-22/h1-5H,6-21H2. The van der Waals surface area contributed by atoms with Crippen molar-refractivity contribution in [2.45, 2.75) is 0 Å². The summed E-state index contributed by atoms with van der Waals surface area (Å²) in [5.41, 5.74) is 0.301. The number of hydrogen-bond acceptors (Lipinski definition) is 10. The summed E-state index contributed by atoms with van der Waals surface area (Å²) in [6, 6.07) is 8.27. The third-order valence-corrected chi connectivity index (χ3v) is 4.58. The van der Waals surface area contributed by atoms with Crippen molar-refractivity contribution in [1.82, 2.24) is 0 Å². The van der Waals surface area contributed by atoms with Crippen molar-refractivity contribution in [3.05, 3.63) is 35.9 Å². The molecule has 0 saturated carbocycles. The fraction of sp³-hybridized carbons (Fsp3) is 0.667. The van der Waals surface area contributed by atoms with E-state index < -0.39 is 11.8 Å². The van der Waals surface area contributed by atoms with Gasteiger partial charge < -0.3 is 37.9 Å². The third kappa shape index (κ3) is 19.7. The number of rotatable bonds is 25. The number of carbonyl (C=O) groups is 2. The lowest BCUT2D eigenvalue weighted by molar-refractivity contribution is -0.139. The smallest absolute Gasteiger partial charge is 0.379 e. The zero-order valence-corrected chi connectivity index (χ0v) is 22.3. The van der Waals surface area contributed by atoms with Crippen LogP contribution in [-0.4, -0.2) is 115 Å². The van der Waals surface area contributed by atoms with Crippen LogP contribution < -0.4 is 0 Å². The summed E-state index contributed by atoms with van der Waals surface area (Å²) in [6.45, 7) is 6.86. The van der Waals surface area contributed by atoms with Gasteiger partial charge in [0.1, 0.15) is 6.61 Å². The van der Waals surface area contributed by atoms with Crippen LogP contribution in [0.5, 0.6) is 0 Å². The topological polar surface area (TPSA) is 108 Å². The van der Waals surface area contributed by atoms with Gasteiger partial charge >= 0.3 is 5.97 Å². The monoisotopic (exact) mass is 612 g/mol. The van der Waals surface area contributed by atoms with Crippen LogP contribution in [0.3, 0.4) is 0 Å². The zero-order chi connectivity index (χ0) is 25.2. The fourth-order valence-electron chi connectivity index (χ4n) is 2.44. The van der Waals surface area contributed by atoms with Crippen molar-refractivity contribution < 1.29 is 47.5 Å². The normalized spacial score (nSPS) is 11.0. The van der Waals surface area contributed by atoms with Gasteiger partial charge in [0.05, 0.1) is 92.5 Å². The van der Waals surface area contributed by atoms with Crippen LogP contribution >= 0.6 is 22.6 Å². The van der Waals surface area contributed by atoms with E-state index in [4.69, 9.17) is 37.9 Å². The molecule has 11 heteroatoms. The first-order valence-electron chi connectivity index (χ1n) is 11.6. The van der Waals surface area contributed by atoms with E-state index in [0.29, 0.717) is 84.8 Å². The highest BCUT2D eigenvalue weighted by Crippen LogP contribution is 2.01.